The number of benzene rings is 5. The van der Waals surface area contributed by atoms with E-state index in [9.17, 15) is 0 Å². The van der Waals surface area contributed by atoms with E-state index in [1.807, 2.05) is 12.3 Å². The van der Waals surface area contributed by atoms with Gasteiger partial charge in [0.05, 0.1) is 16.4 Å². The third-order valence-electron chi connectivity index (χ3n) is 9.12. The summed E-state index contributed by atoms with van der Waals surface area (Å²) in [7, 11) is 1.69. The van der Waals surface area contributed by atoms with Crippen LogP contribution in [0.4, 0.5) is 11.4 Å². The minimum Gasteiger partial charge on any atom is -0.493 e. The number of nitrogens with zero attached hydrogens (tertiary/aromatic N) is 2. The molecule has 2 atom stereocenters. The molecule has 0 N–H and O–H groups in total. The molecular formula is C40H37IN2O2. The molecule has 0 radical (unpaired) electrons. The van der Waals surface area contributed by atoms with E-state index < -0.39 is 0 Å². The summed E-state index contributed by atoms with van der Waals surface area (Å²) < 4.78 is 13.0. The van der Waals surface area contributed by atoms with Gasteiger partial charge >= 0.3 is 0 Å². The Labute approximate surface area is 279 Å². The monoisotopic (exact) mass is 704 g/mol. The van der Waals surface area contributed by atoms with E-state index in [1.54, 1.807) is 7.11 Å². The van der Waals surface area contributed by atoms with Crippen LogP contribution in [0.2, 0.25) is 0 Å². The molecule has 0 saturated heterocycles. The third-order valence-corrected chi connectivity index (χ3v) is 9.92. The Balaban J connectivity index is 1.25. The Kier molecular flexibility index (Phi) is 8.61. The lowest BCUT2D eigenvalue weighted by atomic mass is 9.76. The highest BCUT2D eigenvalue weighted by molar-refractivity contribution is 14.1. The molecule has 45 heavy (non-hydrogen) atoms. The molecule has 4 nitrogen and oxygen atoms in total. The highest BCUT2D eigenvalue weighted by atomic mass is 127. The molecule has 2 aliphatic rings. The molecule has 0 saturated carbocycles. The number of anilines is 1. The Morgan fingerprint density at radius 1 is 0.800 bits per heavy atom. The van der Waals surface area contributed by atoms with Crippen LogP contribution in [0.15, 0.2) is 114 Å². The van der Waals surface area contributed by atoms with Crippen LogP contribution >= 0.6 is 22.6 Å². The van der Waals surface area contributed by atoms with Crippen LogP contribution in [0.5, 0.6) is 11.5 Å². The molecule has 0 unspecified atom stereocenters. The van der Waals surface area contributed by atoms with Gasteiger partial charge in [-0.3, -0.25) is 4.99 Å². The maximum Gasteiger partial charge on any atom is 0.174 e. The third kappa shape index (κ3) is 6.23. The maximum atomic E-state index is 6.24. The van der Waals surface area contributed by atoms with Crippen LogP contribution in [0.25, 0.3) is 0 Å². The van der Waals surface area contributed by atoms with Gasteiger partial charge in [-0.25, -0.2) is 0 Å². The van der Waals surface area contributed by atoms with Gasteiger partial charge in [-0.1, -0.05) is 90.5 Å². The van der Waals surface area contributed by atoms with E-state index in [0.29, 0.717) is 24.2 Å². The molecular weight excluding hydrogens is 667 g/mol. The van der Waals surface area contributed by atoms with E-state index in [0.717, 1.165) is 52.1 Å². The average molecular weight is 705 g/mol. The molecule has 7 rings (SSSR count). The van der Waals surface area contributed by atoms with Crippen molar-refractivity contribution in [1.29, 1.82) is 0 Å². The van der Waals surface area contributed by atoms with Crippen molar-refractivity contribution in [1.82, 2.24) is 0 Å². The molecule has 0 amide bonds. The van der Waals surface area contributed by atoms with E-state index in [1.165, 1.54) is 33.5 Å². The first-order valence-corrected chi connectivity index (χ1v) is 16.8. The first-order chi connectivity index (χ1) is 22.1. The summed E-state index contributed by atoms with van der Waals surface area (Å²) in [6.07, 6.45) is 4.18. The molecule has 0 bridgehead atoms. The summed E-state index contributed by atoms with van der Waals surface area (Å²) in [4.78, 5) is 7.71. The lowest BCUT2D eigenvalue weighted by molar-refractivity contribution is 0.282. The molecule has 226 valence electrons. The van der Waals surface area contributed by atoms with Gasteiger partial charge in [0.25, 0.3) is 0 Å². The second-order valence-electron chi connectivity index (χ2n) is 12.0. The minimum absolute atomic E-state index is 0.354. The molecule has 2 aliphatic heterocycles. The lowest BCUT2D eigenvalue weighted by Crippen LogP contribution is -2.37. The molecule has 5 heteroatoms. The fraction of sp³-hybridized carbons (Fsp3) is 0.225. The quantitative estimate of drug-likeness (QED) is 0.119. The van der Waals surface area contributed by atoms with Crippen LogP contribution in [0, 0.1) is 10.5 Å². The van der Waals surface area contributed by atoms with Crippen molar-refractivity contribution in [2.24, 2.45) is 4.99 Å². The van der Waals surface area contributed by atoms with Crippen molar-refractivity contribution in [2.75, 3.05) is 25.1 Å². The molecule has 2 heterocycles. The second kappa shape index (κ2) is 13.1. The van der Waals surface area contributed by atoms with Gasteiger partial charge in [-0.2, -0.15) is 0 Å². The molecule has 5 aromatic carbocycles. The number of ether oxygens (including phenoxy) is 2. The summed E-state index contributed by atoms with van der Waals surface area (Å²) >= 11 is 2.33. The number of aryl methyl sites for hydroxylation is 1. The zero-order valence-corrected chi connectivity index (χ0v) is 27.9. The molecule has 0 fully saturated rings. The van der Waals surface area contributed by atoms with Crippen molar-refractivity contribution in [3.05, 3.63) is 152 Å². The highest BCUT2D eigenvalue weighted by Gasteiger charge is 2.35. The Morgan fingerprint density at radius 3 is 1.98 bits per heavy atom. The van der Waals surface area contributed by atoms with E-state index >= 15 is 0 Å². The van der Waals surface area contributed by atoms with Crippen LogP contribution in [0.3, 0.4) is 0 Å². The molecule has 0 aromatic heterocycles. The number of halogens is 1. The van der Waals surface area contributed by atoms with Gasteiger partial charge in [-0.15, -0.1) is 0 Å². The van der Waals surface area contributed by atoms with Crippen molar-refractivity contribution in [3.63, 3.8) is 0 Å². The van der Waals surface area contributed by atoms with Crippen LogP contribution in [-0.4, -0.2) is 26.4 Å². The summed E-state index contributed by atoms with van der Waals surface area (Å²) in [5.41, 5.74) is 11.3. The topological polar surface area (TPSA) is 34.1 Å². The van der Waals surface area contributed by atoms with Crippen molar-refractivity contribution >= 4 is 40.2 Å². The van der Waals surface area contributed by atoms with Gasteiger partial charge in [0.1, 0.15) is 6.61 Å². The summed E-state index contributed by atoms with van der Waals surface area (Å²) in [6.45, 7) is 4.75. The van der Waals surface area contributed by atoms with Gasteiger partial charge in [0, 0.05) is 36.8 Å². The summed E-state index contributed by atoms with van der Waals surface area (Å²) in [6, 6.07) is 39.1. The van der Waals surface area contributed by atoms with Crippen molar-refractivity contribution in [3.8, 4) is 11.5 Å². The predicted octanol–water partition coefficient (Wildman–Crippen LogP) is 9.82. The average Bonchev–Trinajstić information content (AvgIpc) is 3.08. The molecule has 0 spiro atoms. The Morgan fingerprint density at radius 2 is 1.40 bits per heavy atom. The number of aliphatic imine (C=N–C) groups is 1. The fourth-order valence-electron chi connectivity index (χ4n) is 6.86. The van der Waals surface area contributed by atoms with Crippen LogP contribution < -0.4 is 14.4 Å². The van der Waals surface area contributed by atoms with E-state index in [2.05, 4.69) is 138 Å². The smallest absolute Gasteiger partial charge is 0.174 e. The number of methoxy groups -OCH3 is 1. The summed E-state index contributed by atoms with van der Waals surface area (Å²) in [5.74, 6) is 2.17. The van der Waals surface area contributed by atoms with Crippen molar-refractivity contribution in [2.45, 2.75) is 38.2 Å². The Hall–Kier alpha value is -4.10. The first-order valence-electron chi connectivity index (χ1n) is 15.7. The molecule has 5 aromatic rings. The minimum atomic E-state index is 0.354. The SMILES string of the molecule is COc1cc(C=Nc2cc3c4c(c2)[C@H](c2ccccc2)CCN4CC[C@H]3c2ccccc2)cc(I)c1OCc1ccc(C)cc1. The highest BCUT2D eigenvalue weighted by Crippen LogP contribution is 2.50. The zero-order chi connectivity index (χ0) is 30.8. The molecule has 0 aliphatic carbocycles. The van der Waals surface area contributed by atoms with Gasteiger partial charge in [0.15, 0.2) is 11.5 Å². The van der Waals surface area contributed by atoms with Crippen molar-refractivity contribution < 1.29 is 9.47 Å². The van der Waals surface area contributed by atoms with E-state index in [-0.39, 0.29) is 0 Å². The zero-order valence-electron chi connectivity index (χ0n) is 25.7. The summed E-state index contributed by atoms with van der Waals surface area (Å²) in [5, 5.41) is 0. The largest absolute Gasteiger partial charge is 0.493 e. The first kappa shape index (κ1) is 29.6. The van der Waals surface area contributed by atoms with E-state index in [4.69, 9.17) is 14.5 Å². The van der Waals surface area contributed by atoms with Crippen LogP contribution in [-0.2, 0) is 6.61 Å². The number of rotatable bonds is 8. The normalized spacial score (nSPS) is 17.3. The van der Waals surface area contributed by atoms with Gasteiger partial charge in [0.2, 0.25) is 0 Å². The van der Waals surface area contributed by atoms with Crippen LogP contribution in [0.1, 0.15) is 63.6 Å². The van der Waals surface area contributed by atoms with Gasteiger partial charge < -0.3 is 14.4 Å². The number of hydrogen-bond acceptors (Lipinski definition) is 4. The Bertz CT molecular complexity index is 1750. The maximum absolute atomic E-state index is 6.24. The predicted molar refractivity (Wildman–Crippen MR) is 193 cm³/mol. The second-order valence-corrected chi connectivity index (χ2v) is 13.2. The van der Waals surface area contributed by atoms with Gasteiger partial charge in [-0.05, 0) is 100 Å². The fourth-order valence-corrected chi connectivity index (χ4v) is 7.64. The standard InChI is InChI=1S/C40H37IN2O2/c1-27-13-15-28(16-14-27)26-45-40-37(41)21-29(22-38(40)44-2)25-42-32-23-35-33(30-9-5-3-6-10-30)17-19-43-20-18-34(36(24-32)39(35)43)31-11-7-4-8-12-31/h3-16,21-25,33-34H,17-20,26H2,1-2H3/t33-,34-/m0/s1. The number of hydrogen-bond donors (Lipinski definition) is 0. The lowest BCUT2D eigenvalue weighted by Gasteiger charge is -2.43.